The fourth-order valence-corrected chi connectivity index (χ4v) is 2.81. The highest BCUT2D eigenvalue weighted by Crippen LogP contribution is 2.33. The van der Waals surface area contributed by atoms with Crippen LogP contribution in [0, 0.1) is 5.41 Å². The summed E-state index contributed by atoms with van der Waals surface area (Å²) in [5, 5.41) is 0. The lowest BCUT2D eigenvalue weighted by Gasteiger charge is -2.27. The van der Waals surface area contributed by atoms with Gasteiger partial charge in [0.1, 0.15) is 11.5 Å². The topological polar surface area (TPSA) is 105 Å². The molecule has 0 unspecified atom stereocenters. The van der Waals surface area contributed by atoms with Crippen LogP contribution < -0.4 is 9.47 Å². The monoisotopic (exact) mass is 454 g/mol. The molecule has 0 heterocycles. The van der Waals surface area contributed by atoms with Crippen LogP contribution in [0.3, 0.4) is 0 Å². The molecule has 0 spiro atoms. The first-order valence-electron chi connectivity index (χ1n) is 10.3. The van der Waals surface area contributed by atoms with Gasteiger partial charge in [-0.2, -0.15) is 0 Å². The number of methoxy groups -OCH3 is 1. The van der Waals surface area contributed by atoms with Crippen molar-refractivity contribution in [3.8, 4) is 11.5 Å². The molecule has 8 heteroatoms. The van der Waals surface area contributed by atoms with Gasteiger partial charge in [-0.15, -0.1) is 0 Å². The van der Waals surface area contributed by atoms with Crippen molar-refractivity contribution in [1.29, 1.82) is 0 Å². The van der Waals surface area contributed by atoms with Crippen molar-refractivity contribution in [3.05, 3.63) is 72.8 Å². The molecule has 0 radical (unpaired) electrons. The summed E-state index contributed by atoms with van der Waals surface area (Å²) in [4.78, 5) is 51.8. The Kier molecular flexibility index (Phi) is 9.35. The molecular formula is C25H26O8. The largest absolute Gasteiger partial charge is 0.468 e. The van der Waals surface area contributed by atoms with E-state index in [2.05, 4.69) is 6.58 Å². The summed E-state index contributed by atoms with van der Waals surface area (Å²) in [6.45, 7) is 5.66. The van der Waals surface area contributed by atoms with E-state index >= 15 is 0 Å². The van der Waals surface area contributed by atoms with Crippen molar-refractivity contribution in [2.24, 2.45) is 5.41 Å². The third kappa shape index (κ3) is 6.52. The van der Waals surface area contributed by atoms with Gasteiger partial charge in [0.2, 0.25) is 0 Å². The normalized spacial score (nSPS) is 10.6. The number of benzene rings is 2. The number of hydrogen-bond donors (Lipinski definition) is 0. The summed E-state index contributed by atoms with van der Waals surface area (Å²) in [5.74, 6) is -4.49. The van der Waals surface area contributed by atoms with Crippen LogP contribution in [0.25, 0.3) is 0 Å². The predicted molar refractivity (Wildman–Crippen MR) is 118 cm³/mol. The first-order valence-corrected chi connectivity index (χ1v) is 10.3. The average Bonchev–Trinajstić information content (AvgIpc) is 2.83. The molecule has 0 N–H and O–H groups in total. The van der Waals surface area contributed by atoms with Gasteiger partial charge in [-0.05, 0) is 30.7 Å². The fourth-order valence-electron chi connectivity index (χ4n) is 2.81. The van der Waals surface area contributed by atoms with Gasteiger partial charge in [0.15, 0.2) is 0 Å². The molecule has 174 valence electrons. The maximum absolute atomic E-state index is 13.3. The quantitative estimate of drug-likeness (QED) is 0.167. The van der Waals surface area contributed by atoms with Gasteiger partial charge in [-0.1, -0.05) is 56.3 Å². The van der Waals surface area contributed by atoms with Crippen LogP contribution in [-0.2, 0) is 28.7 Å². The number of hydrogen-bond acceptors (Lipinski definition) is 8. The molecule has 0 aliphatic heterocycles. The number of rotatable bonds is 11. The minimum atomic E-state index is -2.65. The van der Waals surface area contributed by atoms with Crippen LogP contribution >= 0.6 is 0 Å². The van der Waals surface area contributed by atoms with Gasteiger partial charge in [0, 0.05) is 12.0 Å². The molecule has 0 bridgehead atoms. The number of unbranched alkanes of at least 4 members (excludes halogenated alkanes) is 1. The molecule has 2 aromatic carbocycles. The van der Waals surface area contributed by atoms with E-state index in [9.17, 15) is 19.2 Å². The summed E-state index contributed by atoms with van der Waals surface area (Å²) in [6, 6.07) is 15.7. The first kappa shape index (κ1) is 25.3. The highest BCUT2D eigenvalue weighted by molar-refractivity contribution is 6.19. The standard InChI is InChI=1S/C25H26O8/c1-4-5-16-31-21(26)18(2)17-25(22(27)30-3,23(28)32-19-12-8-6-9-13-19)24(29)33-20-14-10-7-11-15-20/h6-15H,2,4-5,16-17H2,1,3H3. The van der Waals surface area contributed by atoms with E-state index in [1.807, 2.05) is 6.92 Å². The SMILES string of the molecule is C=C(CC(C(=O)OC)(C(=O)Oc1ccccc1)C(=O)Oc1ccccc1)C(=O)OCCCC. The smallest absolute Gasteiger partial charge is 0.340 e. The van der Waals surface area contributed by atoms with Gasteiger partial charge in [0.25, 0.3) is 5.41 Å². The molecule has 0 aliphatic rings. The second kappa shape index (κ2) is 12.2. The van der Waals surface area contributed by atoms with Crippen LogP contribution in [-0.4, -0.2) is 37.6 Å². The average molecular weight is 454 g/mol. The Bertz CT molecular complexity index is 928. The van der Waals surface area contributed by atoms with E-state index in [0.29, 0.717) is 6.42 Å². The van der Waals surface area contributed by atoms with Gasteiger partial charge in [0.05, 0.1) is 13.7 Å². The van der Waals surface area contributed by atoms with Gasteiger partial charge in [-0.3, -0.25) is 4.79 Å². The summed E-state index contributed by atoms with van der Waals surface area (Å²) < 4.78 is 20.5. The maximum atomic E-state index is 13.3. The second-order valence-corrected chi connectivity index (χ2v) is 7.07. The van der Waals surface area contributed by atoms with Crippen molar-refractivity contribution in [1.82, 2.24) is 0 Å². The minimum absolute atomic E-state index is 0.0828. The maximum Gasteiger partial charge on any atom is 0.340 e. The van der Waals surface area contributed by atoms with Crippen molar-refractivity contribution in [3.63, 3.8) is 0 Å². The lowest BCUT2D eigenvalue weighted by molar-refractivity contribution is -0.174. The fraction of sp³-hybridized carbons (Fsp3) is 0.280. The van der Waals surface area contributed by atoms with E-state index in [1.54, 1.807) is 36.4 Å². The summed E-state index contributed by atoms with van der Waals surface area (Å²) in [7, 11) is 1.00. The molecule has 33 heavy (non-hydrogen) atoms. The highest BCUT2D eigenvalue weighted by atomic mass is 16.6. The molecule has 2 aromatic rings. The zero-order valence-corrected chi connectivity index (χ0v) is 18.6. The van der Waals surface area contributed by atoms with E-state index < -0.39 is 35.7 Å². The van der Waals surface area contributed by atoms with Crippen LogP contribution in [0.15, 0.2) is 72.8 Å². The van der Waals surface area contributed by atoms with Crippen LogP contribution in [0.2, 0.25) is 0 Å². The van der Waals surface area contributed by atoms with Gasteiger partial charge in [-0.25, -0.2) is 14.4 Å². The Hall–Kier alpha value is -3.94. The minimum Gasteiger partial charge on any atom is -0.468 e. The third-order valence-corrected chi connectivity index (χ3v) is 4.64. The Morgan fingerprint density at radius 1 is 0.818 bits per heavy atom. The zero-order valence-electron chi connectivity index (χ0n) is 18.6. The summed E-state index contributed by atoms with van der Waals surface area (Å²) >= 11 is 0. The second-order valence-electron chi connectivity index (χ2n) is 7.07. The molecule has 0 amide bonds. The van der Waals surface area contributed by atoms with E-state index in [4.69, 9.17) is 18.9 Å². The number of carbonyl (C=O) groups is 4. The molecule has 0 aromatic heterocycles. The van der Waals surface area contributed by atoms with Crippen molar-refractivity contribution >= 4 is 23.9 Å². The zero-order chi connectivity index (χ0) is 24.3. The van der Waals surface area contributed by atoms with Crippen molar-refractivity contribution in [2.45, 2.75) is 26.2 Å². The van der Waals surface area contributed by atoms with E-state index in [-0.39, 0.29) is 23.7 Å². The summed E-state index contributed by atoms with van der Waals surface area (Å²) in [6.07, 6.45) is 0.661. The van der Waals surface area contributed by atoms with E-state index in [0.717, 1.165) is 13.5 Å². The molecular weight excluding hydrogens is 428 g/mol. The molecule has 8 nitrogen and oxygen atoms in total. The van der Waals surface area contributed by atoms with Crippen LogP contribution in [0.5, 0.6) is 11.5 Å². The lowest BCUT2D eigenvalue weighted by Crippen LogP contribution is -2.52. The van der Waals surface area contributed by atoms with Crippen LogP contribution in [0.4, 0.5) is 0 Å². The van der Waals surface area contributed by atoms with Crippen molar-refractivity contribution < 1.29 is 38.1 Å². The molecule has 0 aliphatic carbocycles. The summed E-state index contributed by atoms with van der Waals surface area (Å²) in [5.41, 5.74) is -2.94. The Balaban J connectivity index is 2.43. The highest BCUT2D eigenvalue weighted by Gasteiger charge is 2.58. The van der Waals surface area contributed by atoms with Crippen LogP contribution in [0.1, 0.15) is 26.2 Å². The Labute approximate surface area is 192 Å². The first-order chi connectivity index (χ1) is 15.8. The molecule has 0 fully saturated rings. The van der Waals surface area contributed by atoms with Crippen molar-refractivity contribution in [2.75, 3.05) is 13.7 Å². The number of carbonyl (C=O) groups excluding carboxylic acids is 4. The number of esters is 4. The molecule has 0 atom stereocenters. The van der Waals surface area contributed by atoms with E-state index in [1.165, 1.54) is 24.3 Å². The number of para-hydroxylation sites is 2. The molecule has 0 saturated carbocycles. The number of ether oxygens (including phenoxy) is 4. The third-order valence-electron chi connectivity index (χ3n) is 4.64. The Morgan fingerprint density at radius 2 is 1.30 bits per heavy atom. The molecule has 2 rings (SSSR count). The van der Waals surface area contributed by atoms with Gasteiger partial charge < -0.3 is 18.9 Å². The lowest BCUT2D eigenvalue weighted by atomic mass is 9.81. The Morgan fingerprint density at radius 3 is 1.73 bits per heavy atom. The van der Waals surface area contributed by atoms with Gasteiger partial charge >= 0.3 is 23.9 Å². The molecule has 0 saturated heterocycles. The predicted octanol–water partition coefficient (Wildman–Crippen LogP) is 3.65.